The van der Waals surface area contributed by atoms with Crippen LogP contribution in [-0.2, 0) is 6.18 Å². The van der Waals surface area contributed by atoms with Gasteiger partial charge in [0.05, 0.1) is 7.11 Å². The molecular weight excluding hydrogens is 307 g/mol. The van der Waals surface area contributed by atoms with Crippen LogP contribution in [0.25, 0.3) is 0 Å². The molecular formula is C12H10F3N3O2S. The molecule has 0 atom stereocenters. The standard InChI is InChI=1S/C12H10F3N3O2S/c1-6-3-4-7(5-8(6)20-2)9(19)16-11-18-17-10(21-11)12(13,14)15/h3-5H,1-2H3,(H,16,18,19). The maximum atomic E-state index is 12.4. The van der Waals surface area contributed by atoms with Crippen LogP contribution < -0.4 is 10.1 Å². The van der Waals surface area contributed by atoms with E-state index in [1.165, 1.54) is 13.2 Å². The van der Waals surface area contributed by atoms with Crippen molar-refractivity contribution in [1.29, 1.82) is 0 Å². The largest absolute Gasteiger partial charge is 0.496 e. The average molecular weight is 317 g/mol. The van der Waals surface area contributed by atoms with Crippen LogP contribution in [0.4, 0.5) is 18.3 Å². The number of aryl methyl sites for hydroxylation is 1. The van der Waals surface area contributed by atoms with Gasteiger partial charge in [0.2, 0.25) is 10.1 Å². The number of amides is 1. The fourth-order valence-electron chi connectivity index (χ4n) is 1.52. The second-order valence-corrected chi connectivity index (χ2v) is 5.03. The van der Waals surface area contributed by atoms with E-state index in [0.29, 0.717) is 5.75 Å². The second kappa shape index (κ2) is 5.68. The van der Waals surface area contributed by atoms with Crippen molar-refractivity contribution in [3.8, 4) is 5.75 Å². The number of carbonyl (C=O) groups excluding carboxylic acids is 1. The quantitative estimate of drug-likeness (QED) is 0.944. The molecule has 1 aromatic heterocycles. The molecule has 0 radical (unpaired) electrons. The summed E-state index contributed by atoms with van der Waals surface area (Å²) in [7, 11) is 1.46. The molecule has 9 heteroatoms. The molecule has 0 aliphatic carbocycles. The van der Waals surface area contributed by atoms with E-state index >= 15 is 0 Å². The van der Waals surface area contributed by atoms with Crippen molar-refractivity contribution in [2.75, 3.05) is 12.4 Å². The third-order valence-corrected chi connectivity index (χ3v) is 3.44. The Hall–Kier alpha value is -2.16. The summed E-state index contributed by atoms with van der Waals surface area (Å²) in [6.45, 7) is 1.81. The molecule has 2 rings (SSSR count). The highest BCUT2D eigenvalue weighted by atomic mass is 32.1. The molecule has 0 unspecified atom stereocenters. The van der Waals surface area contributed by atoms with E-state index in [-0.39, 0.29) is 22.0 Å². The van der Waals surface area contributed by atoms with Gasteiger partial charge in [-0.15, -0.1) is 10.2 Å². The number of halogens is 3. The first-order chi connectivity index (χ1) is 9.81. The van der Waals surface area contributed by atoms with Crippen molar-refractivity contribution in [2.45, 2.75) is 13.1 Å². The second-order valence-electron chi connectivity index (χ2n) is 4.05. The smallest absolute Gasteiger partial charge is 0.445 e. The van der Waals surface area contributed by atoms with E-state index in [2.05, 4.69) is 15.5 Å². The van der Waals surface area contributed by atoms with Crippen molar-refractivity contribution in [3.05, 3.63) is 34.3 Å². The fourth-order valence-corrected chi connectivity index (χ4v) is 2.12. The van der Waals surface area contributed by atoms with Crippen molar-refractivity contribution in [3.63, 3.8) is 0 Å². The first-order valence-electron chi connectivity index (χ1n) is 5.68. The van der Waals surface area contributed by atoms with Gasteiger partial charge in [0, 0.05) is 5.56 Å². The number of nitrogens with zero attached hydrogens (tertiary/aromatic N) is 2. The molecule has 0 saturated carbocycles. The van der Waals surface area contributed by atoms with E-state index in [9.17, 15) is 18.0 Å². The Labute approximate surface area is 121 Å². The zero-order valence-electron chi connectivity index (χ0n) is 11.0. The van der Waals surface area contributed by atoms with Gasteiger partial charge in [-0.05, 0) is 24.6 Å². The summed E-state index contributed by atoms with van der Waals surface area (Å²) in [4.78, 5) is 11.9. The molecule has 0 aliphatic heterocycles. The molecule has 1 amide bonds. The summed E-state index contributed by atoms with van der Waals surface area (Å²) in [6.07, 6.45) is -4.58. The van der Waals surface area contributed by atoms with Crippen molar-refractivity contribution in [1.82, 2.24) is 10.2 Å². The van der Waals surface area contributed by atoms with E-state index in [1.54, 1.807) is 19.1 Å². The lowest BCUT2D eigenvalue weighted by atomic mass is 10.1. The van der Waals surface area contributed by atoms with Gasteiger partial charge in [0.1, 0.15) is 5.75 Å². The minimum atomic E-state index is -4.58. The van der Waals surface area contributed by atoms with E-state index in [1.807, 2.05) is 0 Å². The Bertz CT molecular complexity index is 670. The zero-order chi connectivity index (χ0) is 15.6. The van der Waals surface area contributed by atoms with Gasteiger partial charge in [-0.1, -0.05) is 17.4 Å². The summed E-state index contributed by atoms with van der Waals surface area (Å²) in [6, 6.07) is 4.71. The lowest BCUT2D eigenvalue weighted by Crippen LogP contribution is -2.12. The molecule has 5 nitrogen and oxygen atoms in total. The summed E-state index contributed by atoms with van der Waals surface area (Å²) in [5.74, 6) is -0.0749. The first kappa shape index (κ1) is 15.2. The number of alkyl halides is 3. The predicted octanol–water partition coefficient (Wildman–Crippen LogP) is 3.13. The number of anilines is 1. The SMILES string of the molecule is COc1cc(C(=O)Nc2nnc(C(F)(F)F)s2)ccc1C. The monoisotopic (exact) mass is 317 g/mol. The Morgan fingerprint density at radius 2 is 2.05 bits per heavy atom. The number of ether oxygens (including phenoxy) is 1. The highest BCUT2D eigenvalue weighted by Crippen LogP contribution is 2.33. The molecule has 0 aliphatic rings. The molecule has 21 heavy (non-hydrogen) atoms. The van der Waals surface area contributed by atoms with Crippen LogP contribution in [0.5, 0.6) is 5.75 Å². The molecule has 2 aromatic rings. The molecule has 0 bridgehead atoms. The molecule has 1 heterocycles. The minimum Gasteiger partial charge on any atom is -0.496 e. The number of benzene rings is 1. The number of carbonyl (C=O) groups is 1. The Balaban J connectivity index is 2.16. The Morgan fingerprint density at radius 3 is 2.62 bits per heavy atom. The highest BCUT2D eigenvalue weighted by Gasteiger charge is 2.35. The number of hydrogen-bond acceptors (Lipinski definition) is 5. The summed E-state index contributed by atoms with van der Waals surface area (Å²) in [5.41, 5.74) is 1.09. The lowest BCUT2D eigenvalue weighted by molar-refractivity contribution is -0.138. The molecule has 0 fully saturated rings. The van der Waals surface area contributed by atoms with Gasteiger partial charge in [-0.25, -0.2) is 0 Å². The normalized spacial score (nSPS) is 11.3. The third kappa shape index (κ3) is 3.48. The summed E-state index contributed by atoms with van der Waals surface area (Å²) < 4.78 is 42.2. The molecule has 1 N–H and O–H groups in total. The Morgan fingerprint density at radius 1 is 1.33 bits per heavy atom. The molecule has 0 saturated heterocycles. The summed E-state index contributed by atoms with van der Waals surface area (Å²) >= 11 is 0.266. The van der Waals surface area contributed by atoms with Gasteiger partial charge in [0.25, 0.3) is 5.91 Å². The van der Waals surface area contributed by atoms with Crippen LogP contribution in [0.1, 0.15) is 20.9 Å². The maximum absolute atomic E-state index is 12.4. The van der Waals surface area contributed by atoms with E-state index in [0.717, 1.165) is 5.56 Å². The minimum absolute atomic E-state index is 0.216. The van der Waals surface area contributed by atoms with Crippen molar-refractivity contribution in [2.24, 2.45) is 0 Å². The van der Waals surface area contributed by atoms with Gasteiger partial charge < -0.3 is 4.74 Å². The number of hydrogen-bond donors (Lipinski definition) is 1. The zero-order valence-corrected chi connectivity index (χ0v) is 11.8. The van der Waals surface area contributed by atoms with Crippen LogP contribution in [0.2, 0.25) is 0 Å². The van der Waals surface area contributed by atoms with Crippen LogP contribution >= 0.6 is 11.3 Å². The molecule has 1 aromatic carbocycles. The predicted molar refractivity (Wildman–Crippen MR) is 70.6 cm³/mol. The number of aromatic nitrogens is 2. The lowest BCUT2D eigenvalue weighted by Gasteiger charge is -2.07. The fraction of sp³-hybridized carbons (Fsp3) is 0.250. The summed E-state index contributed by atoms with van der Waals surface area (Å²) in [5, 5.41) is 7.22. The van der Waals surface area contributed by atoms with Crippen LogP contribution in [0.3, 0.4) is 0 Å². The van der Waals surface area contributed by atoms with E-state index < -0.39 is 17.1 Å². The van der Waals surface area contributed by atoms with E-state index in [4.69, 9.17) is 4.74 Å². The van der Waals surface area contributed by atoms with Crippen molar-refractivity contribution >= 4 is 22.4 Å². The molecule has 0 spiro atoms. The third-order valence-electron chi connectivity index (χ3n) is 2.56. The number of nitrogens with one attached hydrogen (secondary N) is 1. The van der Waals surface area contributed by atoms with Crippen LogP contribution in [0, 0.1) is 6.92 Å². The van der Waals surface area contributed by atoms with Crippen LogP contribution in [0.15, 0.2) is 18.2 Å². The van der Waals surface area contributed by atoms with Gasteiger partial charge in [-0.2, -0.15) is 13.2 Å². The number of rotatable bonds is 3. The van der Waals surface area contributed by atoms with Gasteiger partial charge >= 0.3 is 6.18 Å². The molecule has 112 valence electrons. The average Bonchev–Trinajstić information content (AvgIpc) is 2.87. The van der Waals surface area contributed by atoms with Crippen LogP contribution in [-0.4, -0.2) is 23.2 Å². The van der Waals surface area contributed by atoms with Crippen molar-refractivity contribution < 1.29 is 22.7 Å². The van der Waals surface area contributed by atoms with Gasteiger partial charge in [0.15, 0.2) is 0 Å². The first-order valence-corrected chi connectivity index (χ1v) is 6.49. The van der Waals surface area contributed by atoms with Gasteiger partial charge in [-0.3, -0.25) is 10.1 Å². The highest BCUT2D eigenvalue weighted by molar-refractivity contribution is 7.15. The maximum Gasteiger partial charge on any atom is 0.445 e. The number of methoxy groups -OCH3 is 1. The topological polar surface area (TPSA) is 64.1 Å². The Kier molecular flexibility index (Phi) is 4.12.